The molecule has 1 aliphatic rings. The summed E-state index contributed by atoms with van der Waals surface area (Å²) in [6.45, 7) is 1.89. The third kappa shape index (κ3) is 4.16. The van der Waals surface area contributed by atoms with E-state index in [1.165, 1.54) is 18.6 Å². The lowest BCUT2D eigenvalue weighted by Crippen LogP contribution is -2.30. The van der Waals surface area contributed by atoms with Gasteiger partial charge in [-0.3, -0.25) is 14.8 Å². The topological polar surface area (TPSA) is 97.0 Å². The summed E-state index contributed by atoms with van der Waals surface area (Å²) in [6.07, 6.45) is 7.91. The first kappa shape index (κ1) is 18.8. The number of hydrogen-bond acceptors (Lipinski definition) is 6. The highest BCUT2D eigenvalue weighted by atomic mass is 19.1. The van der Waals surface area contributed by atoms with Crippen molar-refractivity contribution in [2.24, 2.45) is 0 Å². The summed E-state index contributed by atoms with van der Waals surface area (Å²) >= 11 is 0. The van der Waals surface area contributed by atoms with E-state index < -0.39 is 11.7 Å². The minimum atomic E-state index is -0.441. The molecule has 0 atom stereocenters. The number of hydrogen-bond donors (Lipinski definition) is 2. The first-order valence-corrected chi connectivity index (χ1v) is 9.50. The molecule has 0 aromatic carbocycles. The van der Waals surface area contributed by atoms with Gasteiger partial charge < -0.3 is 16.0 Å². The van der Waals surface area contributed by atoms with Gasteiger partial charge in [-0.25, -0.2) is 9.37 Å². The SMILES string of the molecule is Nc1ccc(-c2ccc(F)cn2)nc1C(=O)Nc1cnccc1N1CCCCC1. The van der Waals surface area contributed by atoms with Crippen molar-refractivity contribution in [3.05, 3.63) is 60.4 Å². The minimum absolute atomic E-state index is 0.0853. The van der Waals surface area contributed by atoms with E-state index >= 15 is 0 Å². The fraction of sp³-hybridized carbons (Fsp3) is 0.238. The number of nitrogens with zero attached hydrogens (tertiary/aromatic N) is 4. The number of nitrogens with one attached hydrogen (secondary N) is 1. The number of nitrogens with two attached hydrogens (primary N) is 1. The molecule has 1 saturated heterocycles. The van der Waals surface area contributed by atoms with E-state index in [-0.39, 0.29) is 11.4 Å². The smallest absolute Gasteiger partial charge is 0.276 e. The monoisotopic (exact) mass is 392 g/mol. The van der Waals surface area contributed by atoms with E-state index in [1.807, 2.05) is 6.07 Å². The lowest BCUT2D eigenvalue weighted by molar-refractivity contribution is 0.102. The fourth-order valence-corrected chi connectivity index (χ4v) is 3.40. The highest BCUT2D eigenvalue weighted by molar-refractivity contribution is 6.07. The molecule has 1 fully saturated rings. The van der Waals surface area contributed by atoms with E-state index in [1.54, 1.807) is 24.5 Å². The first-order valence-electron chi connectivity index (χ1n) is 9.50. The van der Waals surface area contributed by atoms with Crippen LogP contribution in [0.2, 0.25) is 0 Å². The molecule has 0 spiro atoms. The first-order chi connectivity index (χ1) is 14.1. The highest BCUT2D eigenvalue weighted by Gasteiger charge is 2.19. The molecule has 0 radical (unpaired) electrons. The van der Waals surface area contributed by atoms with Crippen molar-refractivity contribution in [2.45, 2.75) is 19.3 Å². The summed E-state index contributed by atoms with van der Waals surface area (Å²) in [7, 11) is 0. The van der Waals surface area contributed by atoms with Crippen LogP contribution in [0.25, 0.3) is 11.4 Å². The number of carbonyl (C=O) groups is 1. The predicted molar refractivity (Wildman–Crippen MR) is 110 cm³/mol. The van der Waals surface area contributed by atoms with Gasteiger partial charge in [-0.1, -0.05) is 0 Å². The summed E-state index contributed by atoms with van der Waals surface area (Å²) < 4.78 is 13.1. The maximum atomic E-state index is 13.1. The molecule has 148 valence electrons. The normalized spacial score (nSPS) is 13.9. The summed E-state index contributed by atoms with van der Waals surface area (Å²) in [4.78, 5) is 27.7. The Morgan fingerprint density at radius 1 is 1.03 bits per heavy atom. The lowest BCUT2D eigenvalue weighted by Gasteiger charge is -2.30. The van der Waals surface area contributed by atoms with Gasteiger partial charge in [-0.05, 0) is 49.6 Å². The maximum absolute atomic E-state index is 13.1. The Bertz CT molecular complexity index is 1020. The summed E-state index contributed by atoms with van der Waals surface area (Å²) in [6, 6.07) is 7.94. The number of carbonyl (C=O) groups excluding carboxylic acids is 1. The van der Waals surface area contributed by atoms with Crippen LogP contribution in [0.1, 0.15) is 29.8 Å². The molecule has 3 aromatic heterocycles. The van der Waals surface area contributed by atoms with Crippen LogP contribution in [0.3, 0.4) is 0 Å². The van der Waals surface area contributed by atoms with Crippen LogP contribution in [0.15, 0.2) is 48.9 Å². The quantitative estimate of drug-likeness (QED) is 0.705. The molecule has 0 bridgehead atoms. The number of pyridine rings is 3. The third-order valence-corrected chi connectivity index (χ3v) is 4.87. The average Bonchev–Trinajstić information content (AvgIpc) is 2.76. The molecule has 0 aliphatic carbocycles. The Morgan fingerprint density at radius 3 is 2.59 bits per heavy atom. The summed E-state index contributed by atoms with van der Waals surface area (Å²) in [5.74, 6) is -0.873. The molecule has 4 heterocycles. The number of halogens is 1. The van der Waals surface area contributed by atoms with E-state index in [0.29, 0.717) is 17.1 Å². The van der Waals surface area contributed by atoms with Gasteiger partial charge in [0.05, 0.1) is 40.8 Å². The Labute approximate surface area is 167 Å². The van der Waals surface area contributed by atoms with Crippen molar-refractivity contribution in [1.82, 2.24) is 15.0 Å². The van der Waals surface area contributed by atoms with Crippen molar-refractivity contribution in [3.8, 4) is 11.4 Å². The third-order valence-electron chi connectivity index (χ3n) is 4.87. The number of amides is 1. The van der Waals surface area contributed by atoms with Crippen LogP contribution in [0, 0.1) is 5.82 Å². The Hall–Kier alpha value is -3.55. The van der Waals surface area contributed by atoms with Crippen LogP contribution < -0.4 is 16.0 Å². The zero-order valence-corrected chi connectivity index (χ0v) is 15.8. The number of rotatable bonds is 4. The second-order valence-electron chi connectivity index (χ2n) is 6.89. The molecule has 0 unspecified atom stereocenters. The second-order valence-corrected chi connectivity index (χ2v) is 6.89. The average molecular weight is 392 g/mol. The molecule has 3 aromatic rings. The van der Waals surface area contributed by atoms with Gasteiger partial charge in [0.2, 0.25) is 0 Å². The predicted octanol–water partition coefficient (Wildman–Crippen LogP) is 3.50. The van der Waals surface area contributed by atoms with Crippen molar-refractivity contribution in [1.29, 1.82) is 0 Å². The van der Waals surface area contributed by atoms with Gasteiger partial charge in [-0.15, -0.1) is 0 Å². The molecule has 1 amide bonds. The number of piperidine rings is 1. The van der Waals surface area contributed by atoms with Crippen LogP contribution in [-0.2, 0) is 0 Å². The van der Waals surface area contributed by atoms with E-state index in [2.05, 4.69) is 25.2 Å². The standard InChI is InChI=1S/C21H21FN6O/c22-14-4-6-16(25-12-14)17-7-5-15(23)20(26-17)21(29)27-18-13-24-9-8-19(18)28-10-2-1-3-11-28/h4-9,12-13H,1-3,10-11,23H2,(H,27,29). The largest absolute Gasteiger partial charge is 0.397 e. The van der Waals surface area contributed by atoms with E-state index in [4.69, 9.17) is 5.73 Å². The Morgan fingerprint density at radius 2 is 1.83 bits per heavy atom. The van der Waals surface area contributed by atoms with Crippen LogP contribution >= 0.6 is 0 Å². The maximum Gasteiger partial charge on any atom is 0.276 e. The van der Waals surface area contributed by atoms with Crippen molar-refractivity contribution in [2.75, 3.05) is 29.0 Å². The van der Waals surface area contributed by atoms with Gasteiger partial charge in [0.1, 0.15) is 5.82 Å². The molecular formula is C21H21FN6O. The molecule has 0 saturated carbocycles. The molecule has 29 heavy (non-hydrogen) atoms. The van der Waals surface area contributed by atoms with Gasteiger partial charge in [0.15, 0.2) is 5.69 Å². The number of aromatic nitrogens is 3. The molecule has 3 N–H and O–H groups in total. The van der Waals surface area contributed by atoms with Crippen molar-refractivity contribution >= 4 is 23.0 Å². The van der Waals surface area contributed by atoms with E-state index in [0.717, 1.165) is 37.8 Å². The van der Waals surface area contributed by atoms with Gasteiger partial charge in [-0.2, -0.15) is 0 Å². The zero-order valence-electron chi connectivity index (χ0n) is 15.8. The molecule has 4 rings (SSSR count). The fourth-order valence-electron chi connectivity index (χ4n) is 3.40. The molecule has 7 nitrogen and oxygen atoms in total. The minimum Gasteiger partial charge on any atom is -0.397 e. The zero-order chi connectivity index (χ0) is 20.2. The van der Waals surface area contributed by atoms with Crippen LogP contribution in [0.4, 0.5) is 21.5 Å². The lowest BCUT2D eigenvalue weighted by atomic mass is 10.1. The Kier molecular flexibility index (Phi) is 5.33. The molecular weight excluding hydrogens is 371 g/mol. The molecule has 1 aliphatic heterocycles. The van der Waals surface area contributed by atoms with Crippen LogP contribution in [0.5, 0.6) is 0 Å². The Balaban J connectivity index is 1.61. The highest BCUT2D eigenvalue weighted by Crippen LogP contribution is 2.28. The van der Waals surface area contributed by atoms with Gasteiger partial charge in [0, 0.05) is 19.3 Å². The van der Waals surface area contributed by atoms with Gasteiger partial charge >= 0.3 is 0 Å². The van der Waals surface area contributed by atoms with Crippen LogP contribution in [-0.4, -0.2) is 33.9 Å². The molecule has 8 heteroatoms. The summed E-state index contributed by atoms with van der Waals surface area (Å²) in [5.41, 5.74) is 8.77. The van der Waals surface area contributed by atoms with Crippen molar-refractivity contribution < 1.29 is 9.18 Å². The van der Waals surface area contributed by atoms with Crippen molar-refractivity contribution in [3.63, 3.8) is 0 Å². The van der Waals surface area contributed by atoms with E-state index in [9.17, 15) is 9.18 Å². The second kappa shape index (κ2) is 8.22. The van der Waals surface area contributed by atoms with Gasteiger partial charge in [0.25, 0.3) is 5.91 Å². The number of nitrogen functional groups attached to an aromatic ring is 1. The number of anilines is 3. The summed E-state index contributed by atoms with van der Waals surface area (Å²) in [5, 5.41) is 2.89.